The predicted octanol–water partition coefficient (Wildman–Crippen LogP) is 3.10. The quantitative estimate of drug-likeness (QED) is 0.607. The maximum atomic E-state index is 12.0. The number of halogens is 1. The minimum Gasteiger partial charge on any atom is -0.483 e. The van der Waals surface area contributed by atoms with E-state index in [1.54, 1.807) is 30.3 Å². The molecule has 0 fully saturated rings. The van der Waals surface area contributed by atoms with Crippen LogP contribution < -0.4 is 10.1 Å². The molecule has 114 valence electrons. The van der Waals surface area contributed by atoms with E-state index in [0.717, 1.165) is 3.57 Å². The van der Waals surface area contributed by atoms with Crippen LogP contribution >= 0.6 is 22.6 Å². The van der Waals surface area contributed by atoms with Crippen LogP contribution in [0.2, 0.25) is 0 Å². The van der Waals surface area contributed by atoms with Crippen molar-refractivity contribution in [2.75, 3.05) is 19.0 Å². The van der Waals surface area contributed by atoms with E-state index in [0.29, 0.717) is 17.0 Å². The van der Waals surface area contributed by atoms with Crippen molar-refractivity contribution in [2.45, 2.75) is 0 Å². The summed E-state index contributed by atoms with van der Waals surface area (Å²) in [6, 6.07) is 14.0. The first-order valence-corrected chi connectivity index (χ1v) is 7.54. The molecule has 0 aliphatic heterocycles. The minimum atomic E-state index is -0.505. The van der Waals surface area contributed by atoms with Gasteiger partial charge in [0.2, 0.25) is 0 Å². The first-order chi connectivity index (χ1) is 10.6. The number of methoxy groups -OCH3 is 1. The third kappa shape index (κ3) is 4.20. The standard InChI is InChI=1S/C16H14INO4/c1-21-16(20)11-6-2-4-8-13(11)18-15(19)10-22-14-9-5-3-7-12(14)17/h2-9H,10H2,1H3,(H,18,19). The van der Waals surface area contributed by atoms with Crippen molar-refractivity contribution in [1.29, 1.82) is 0 Å². The van der Waals surface area contributed by atoms with E-state index in [9.17, 15) is 9.59 Å². The summed E-state index contributed by atoms with van der Waals surface area (Å²) in [5.74, 6) is -0.218. The SMILES string of the molecule is COC(=O)c1ccccc1NC(=O)COc1ccccc1I. The number of para-hydroxylation sites is 2. The van der Waals surface area contributed by atoms with E-state index in [1.165, 1.54) is 7.11 Å². The summed E-state index contributed by atoms with van der Waals surface area (Å²) >= 11 is 2.13. The van der Waals surface area contributed by atoms with Crippen LogP contribution in [0.3, 0.4) is 0 Å². The maximum Gasteiger partial charge on any atom is 0.339 e. The van der Waals surface area contributed by atoms with E-state index in [1.807, 2.05) is 18.2 Å². The number of nitrogens with one attached hydrogen (secondary N) is 1. The highest BCUT2D eigenvalue weighted by Crippen LogP contribution is 2.20. The van der Waals surface area contributed by atoms with Crippen LogP contribution in [0.4, 0.5) is 5.69 Å². The molecule has 2 aromatic rings. The second kappa shape index (κ2) is 7.79. The van der Waals surface area contributed by atoms with Crippen LogP contribution in [-0.4, -0.2) is 25.6 Å². The highest BCUT2D eigenvalue weighted by atomic mass is 127. The second-order valence-corrected chi connectivity index (χ2v) is 5.47. The predicted molar refractivity (Wildman–Crippen MR) is 91.1 cm³/mol. The van der Waals surface area contributed by atoms with Crippen LogP contribution in [0.5, 0.6) is 5.75 Å². The Morgan fingerprint density at radius 2 is 1.77 bits per heavy atom. The van der Waals surface area contributed by atoms with Gasteiger partial charge in [0.05, 0.1) is 21.9 Å². The molecule has 0 radical (unpaired) electrons. The Kier molecular flexibility index (Phi) is 5.76. The molecule has 0 aromatic heterocycles. The number of anilines is 1. The van der Waals surface area contributed by atoms with Crippen LogP contribution in [0.25, 0.3) is 0 Å². The van der Waals surface area contributed by atoms with Crippen molar-refractivity contribution in [1.82, 2.24) is 0 Å². The Labute approximate surface area is 141 Å². The number of hydrogen-bond acceptors (Lipinski definition) is 4. The van der Waals surface area contributed by atoms with Gasteiger partial charge in [-0.15, -0.1) is 0 Å². The van der Waals surface area contributed by atoms with E-state index in [2.05, 4.69) is 32.6 Å². The summed E-state index contributed by atoms with van der Waals surface area (Å²) in [6.07, 6.45) is 0. The van der Waals surface area contributed by atoms with E-state index in [4.69, 9.17) is 4.74 Å². The van der Waals surface area contributed by atoms with Gasteiger partial charge >= 0.3 is 5.97 Å². The van der Waals surface area contributed by atoms with Crippen molar-refractivity contribution in [3.63, 3.8) is 0 Å². The first-order valence-electron chi connectivity index (χ1n) is 6.46. The van der Waals surface area contributed by atoms with Gasteiger partial charge in [-0.2, -0.15) is 0 Å². The molecule has 0 aliphatic carbocycles. The molecule has 0 aliphatic rings. The Bertz CT molecular complexity index is 687. The lowest BCUT2D eigenvalue weighted by atomic mass is 10.2. The Morgan fingerprint density at radius 3 is 2.50 bits per heavy atom. The molecule has 1 amide bonds. The molecule has 0 unspecified atom stereocenters. The van der Waals surface area contributed by atoms with E-state index < -0.39 is 5.97 Å². The first kappa shape index (κ1) is 16.3. The van der Waals surface area contributed by atoms with Crippen LogP contribution in [0.1, 0.15) is 10.4 Å². The molecule has 22 heavy (non-hydrogen) atoms. The molecule has 0 atom stereocenters. The summed E-state index contributed by atoms with van der Waals surface area (Å²) in [6.45, 7) is -0.143. The van der Waals surface area contributed by atoms with Crippen molar-refractivity contribution in [3.8, 4) is 5.75 Å². The zero-order valence-corrected chi connectivity index (χ0v) is 14.0. The number of hydrogen-bond donors (Lipinski definition) is 1. The molecule has 0 bridgehead atoms. The number of carbonyl (C=O) groups excluding carboxylic acids is 2. The molecule has 1 N–H and O–H groups in total. The van der Waals surface area contributed by atoms with Crippen LogP contribution in [0, 0.1) is 3.57 Å². The largest absolute Gasteiger partial charge is 0.483 e. The van der Waals surface area contributed by atoms with E-state index in [-0.39, 0.29) is 12.5 Å². The second-order valence-electron chi connectivity index (χ2n) is 4.30. The van der Waals surface area contributed by atoms with Gasteiger partial charge in [-0.05, 0) is 46.9 Å². The Hall–Kier alpha value is -2.09. The molecule has 0 saturated carbocycles. The average Bonchev–Trinajstić information content (AvgIpc) is 2.54. The van der Waals surface area contributed by atoms with Gasteiger partial charge in [-0.1, -0.05) is 24.3 Å². The smallest absolute Gasteiger partial charge is 0.339 e. The minimum absolute atomic E-state index is 0.143. The fourth-order valence-corrected chi connectivity index (χ4v) is 2.31. The van der Waals surface area contributed by atoms with Crippen LogP contribution in [-0.2, 0) is 9.53 Å². The maximum absolute atomic E-state index is 12.0. The summed E-state index contributed by atoms with van der Waals surface area (Å²) in [5.41, 5.74) is 0.693. The summed E-state index contributed by atoms with van der Waals surface area (Å²) < 4.78 is 11.1. The third-order valence-corrected chi connectivity index (χ3v) is 3.69. The zero-order chi connectivity index (χ0) is 15.9. The summed E-state index contributed by atoms with van der Waals surface area (Å²) in [5, 5.41) is 2.65. The number of carbonyl (C=O) groups is 2. The fourth-order valence-electron chi connectivity index (χ4n) is 1.77. The molecule has 2 aromatic carbocycles. The number of amides is 1. The van der Waals surface area contributed by atoms with Crippen molar-refractivity contribution in [3.05, 3.63) is 57.7 Å². The van der Waals surface area contributed by atoms with Crippen molar-refractivity contribution < 1.29 is 19.1 Å². The van der Waals surface area contributed by atoms with Gasteiger partial charge in [-0.3, -0.25) is 4.79 Å². The molecule has 0 spiro atoms. The summed E-state index contributed by atoms with van der Waals surface area (Å²) in [7, 11) is 1.29. The third-order valence-electron chi connectivity index (χ3n) is 2.80. The van der Waals surface area contributed by atoms with Crippen LogP contribution in [0.15, 0.2) is 48.5 Å². The monoisotopic (exact) mass is 411 g/mol. The molecular formula is C16H14INO4. The lowest BCUT2D eigenvalue weighted by molar-refractivity contribution is -0.118. The average molecular weight is 411 g/mol. The number of ether oxygens (including phenoxy) is 2. The zero-order valence-electron chi connectivity index (χ0n) is 11.8. The summed E-state index contributed by atoms with van der Waals surface area (Å²) in [4.78, 5) is 23.6. The molecule has 0 heterocycles. The molecule has 0 saturated heterocycles. The molecular weight excluding hydrogens is 397 g/mol. The van der Waals surface area contributed by atoms with Gasteiger partial charge < -0.3 is 14.8 Å². The Morgan fingerprint density at radius 1 is 1.09 bits per heavy atom. The van der Waals surface area contributed by atoms with Gasteiger partial charge in [0.1, 0.15) is 5.75 Å². The lowest BCUT2D eigenvalue weighted by Crippen LogP contribution is -2.22. The number of benzene rings is 2. The molecule has 5 nitrogen and oxygen atoms in total. The van der Waals surface area contributed by atoms with Gasteiger partial charge in [0, 0.05) is 0 Å². The lowest BCUT2D eigenvalue weighted by Gasteiger charge is -2.11. The normalized spacial score (nSPS) is 9.91. The highest BCUT2D eigenvalue weighted by molar-refractivity contribution is 14.1. The van der Waals surface area contributed by atoms with Crippen molar-refractivity contribution >= 4 is 40.2 Å². The fraction of sp³-hybridized carbons (Fsp3) is 0.125. The molecule has 6 heteroatoms. The van der Waals surface area contributed by atoms with Crippen molar-refractivity contribution in [2.24, 2.45) is 0 Å². The van der Waals surface area contributed by atoms with E-state index >= 15 is 0 Å². The van der Waals surface area contributed by atoms with Gasteiger partial charge in [-0.25, -0.2) is 4.79 Å². The Balaban J connectivity index is 2.01. The van der Waals surface area contributed by atoms with Gasteiger partial charge in [0.25, 0.3) is 5.91 Å². The molecule has 2 rings (SSSR count). The van der Waals surface area contributed by atoms with Gasteiger partial charge in [0.15, 0.2) is 6.61 Å². The highest BCUT2D eigenvalue weighted by Gasteiger charge is 2.13. The topological polar surface area (TPSA) is 64.6 Å². The number of esters is 1. The number of rotatable bonds is 5.